The van der Waals surface area contributed by atoms with Crippen LogP contribution in [-0.4, -0.2) is 36.5 Å². The zero-order valence-corrected chi connectivity index (χ0v) is 16.7. The predicted octanol–water partition coefficient (Wildman–Crippen LogP) is 3.53. The fourth-order valence-corrected chi connectivity index (χ4v) is 4.25. The molecule has 0 aliphatic rings. The van der Waals surface area contributed by atoms with E-state index in [1.54, 1.807) is 19.2 Å². The van der Waals surface area contributed by atoms with Crippen molar-refractivity contribution in [2.75, 3.05) is 13.6 Å². The summed E-state index contributed by atoms with van der Waals surface area (Å²) in [5.41, 5.74) is 3.79. The van der Waals surface area contributed by atoms with Crippen LogP contribution >= 0.6 is 0 Å². The summed E-state index contributed by atoms with van der Waals surface area (Å²) < 4.78 is 32.2. The topological polar surface area (TPSA) is 76.3 Å². The number of aryl methyl sites for hydroxylation is 3. The molecule has 1 aromatic heterocycles. The molecule has 1 heterocycles. The number of sulfonamides is 1. The van der Waals surface area contributed by atoms with E-state index in [1.165, 1.54) is 4.31 Å². The highest BCUT2D eigenvalue weighted by atomic mass is 32.2. The van der Waals surface area contributed by atoms with Crippen LogP contribution in [0.25, 0.3) is 11.5 Å². The van der Waals surface area contributed by atoms with Gasteiger partial charge in [-0.25, -0.2) is 12.7 Å². The van der Waals surface area contributed by atoms with Gasteiger partial charge in [0, 0.05) is 25.6 Å². The molecule has 27 heavy (non-hydrogen) atoms. The second-order valence-corrected chi connectivity index (χ2v) is 8.83. The molecule has 0 saturated carbocycles. The molecule has 0 aliphatic carbocycles. The van der Waals surface area contributed by atoms with Crippen LogP contribution in [0.5, 0.6) is 0 Å². The molecule has 6 nitrogen and oxygen atoms in total. The van der Waals surface area contributed by atoms with Gasteiger partial charge in [0.05, 0.1) is 4.90 Å². The van der Waals surface area contributed by atoms with Gasteiger partial charge >= 0.3 is 0 Å². The maximum Gasteiger partial charge on any atom is 0.257 e. The molecule has 0 amide bonds. The van der Waals surface area contributed by atoms with Crippen molar-refractivity contribution >= 4 is 10.0 Å². The second kappa shape index (κ2) is 7.62. The Morgan fingerprint density at radius 1 is 1.00 bits per heavy atom. The fourth-order valence-electron chi connectivity index (χ4n) is 2.89. The van der Waals surface area contributed by atoms with Gasteiger partial charge in [0.2, 0.25) is 10.0 Å². The molecular formula is C20H23N3O3S. The first-order chi connectivity index (χ1) is 12.8. The predicted molar refractivity (Wildman–Crippen MR) is 104 cm³/mol. The minimum absolute atomic E-state index is 0.266. The maximum atomic E-state index is 12.8. The van der Waals surface area contributed by atoms with Crippen molar-refractivity contribution in [3.63, 3.8) is 0 Å². The Labute approximate surface area is 159 Å². The van der Waals surface area contributed by atoms with Gasteiger partial charge in [-0.2, -0.15) is 4.98 Å². The summed E-state index contributed by atoms with van der Waals surface area (Å²) in [5.74, 6) is 0.919. The second-order valence-electron chi connectivity index (χ2n) is 6.79. The average molecular weight is 385 g/mol. The van der Waals surface area contributed by atoms with Crippen molar-refractivity contribution in [2.45, 2.75) is 32.1 Å². The lowest BCUT2D eigenvalue weighted by Gasteiger charge is -2.17. The van der Waals surface area contributed by atoms with E-state index in [2.05, 4.69) is 10.1 Å². The van der Waals surface area contributed by atoms with Crippen LogP contribution < -0.4 is 0 Å². The molecular weight excluding hydrogens is 362 g/mol. The average Bonchev–Trinajstić information content (AvgIpc) is 3.08. The molecule has 0 atom stereocenters. The van der Waals surface area contributed by atoms with E-state index < -0.39 is 10.0 Å². The van der Waals surface area contributed by atoms with Crippen LogP contribution in [0.1, 0.15) is 22.5 Å². The fraction of sp³-hybridized carbons (Fsp3) is 0.300. The Bertz CT molecular complexity index is 1040. The van der Waals surface area contributed by atoms with Gasteiger partial charge in [-0.1, -0.05) is 28.9 Å². The van der Waals surface area contributed by atoms with E-state index in [0.29, 0.717) is 23.0 Å². The Balaban J connectivity index is 1.71. The standard InChI is InChI=1S/C20H23N3O3S/c1-14-6-5-7-17(11-14)20-21-19(22-26-20)8-9-23(4)27(24,25)18-12-15(2)10-16(3)13-18/h5-7,10-13H,8-9H2,1-4H3. The molecule has 0 aliphatic heterocycles. The van der Waals surface area contributed by atoms with Gasteiger partial charge in [0.1, 0.15) is 0 Å². The first kappa shape index (κ1) is 19.3. The van der Waals surface area contributed by atoms with E-state index in [9.17, 15) is 8.42 Å². The Kier molecular flexibility index (Phi) is 5.43. The third kappa shape index (κ3) is 4.43. The van der Waals surface area contributed by atoms with Crippen molar-refractivity contribution in [2.24, 2.45) is 0 Å². The summed E-state index contributed by atoms with van der Waals surface area (Å²) in [7, 11) is -1.99. The minimum atomic E-state index is -3.56. The summed E-state index contributed by atoms with van der Waals surface area (Å²) >= 11 is 0. The Hall–Kier alpha value is -2.51. The molecule has 0 radical (unpaired) electrons. The molecule has 0 N–H and O–H groups in total. The number of aromatic nitrogens is 2. The van der Waals surface area contributed by atoms with Gasteiger partial charge < -0.3 is 4.52 Å². The molecule has 0 unspecified atom stereocenters. The van der Waals surface area contributed by atoms with Gasteiger partial charge in [-0.05, 0) is 56.2 Å². The quantitative estimate of drug-likeness (QED) is 0.649. The number of hydrogen-bond donors (Lipinski definition) is 0. The Morgan fingerprint density at radius 3 is 2.37 bits per heavy atom. The van der Waals surface area contributed by atoms with Crippen molar-refractivity contribution in [1.82, 2.24) is 14.4 Å². The van der Waals surface area contributed by atoms with E-state index in [1.807, 2.05) is 51.1 Å². The molecule has 2 aromatic carbocycles. The van der Waals surface area contributed by atoms with Crippen molar-refractivity contribution in [1.29, 1.82) is 0 Å². The van der Waals surface area contributed by atoms with Crippen molar-refractivity contribution < 1.29 is 12.9 Å². The van der Waals surface area contributed by atoms with E-state index in [-0.39, 0.29) is 6.54 Å². The summed E-state index contributed by atoms with van der Waals surface area (Å²) in [6.45, 7) is 6.03. The maximum absolute atomic E-state index is 12.8. The van der Waals surface area contributed by atoms with E-state index in [0.717, 1.165) is 22.3 Å². The molecule has 0 saturated heterocycles. The third-order valence-electron chi connectivity index (χ3n) is 4.29. The highest BCUT2D eigenvalue weighted by Crippen LogP contribution is 2.20. The molecule has 3 rings (SSSR count). The lowest BCUT2D eigenvalue weighted by molar-refractivity contribution is 0.415. The number of likely N-dealkylation sites (N-methyl/N-ethyl adjacent to an activating group) is 1. The van der Waals surface area contributed by atoms with Crippen LogP contribution in [0.3, 0.4) is 0 Å². The lowest BCUT2D eigenvalue weighted by atomic mass is 10.1. The van der Waals surface area contributed by atoms with Crippen LogP contribution in [0.4, 0.5) is 0 Å². The highest BCUT2D eigenvalue weighted by molar-refractivity contribution is 7.89. The first-order valence-corrected chi connectivity index (χ1v) is 10.1. The number of benzene rings is 2. The van der Waals surface area contributed by atoms with Gasteiger partial charge in [0.25, 0.3) is 5.89 Å². The molecule has 0 spiro atoms. The number of rotatable bonds is 6. The first-order valence-electron chi connectivity index (χ1n) is 8.70. The summed E-state index contributed by atoms with van der Waals surface area (Å²) in [4.78, 5) is 4.68. The normalized spacial score (nSPS) is 11.9. The summed E-state index contributed by atoms with van der Waals surface area (Å²) in [6, 6.07) is 13.1. The monoisotopic (exact) mass is 385 g/mol. The van der Waals surface area contributed by atoms with Crippen LogP contribution in [-0.2, 0) is 16.4 Å². The summed E-state index contributed by atoms with van der Waals surface area (Å²) in [6.07, 6.45) is 0.371. The van der Waals surface area contributed by atoms with E-state index in [4.69, 9.17) is 4.52 Å². The van der Waals surface area contributed by atoms with Gasteiger partial charge in [0.15, 0.2) is 5.82 Å². The van der Waals surface area contributed by atoms with Crippen LogP contribution in [0.2, 0.25) is 0 Å². The molecule has 0 fully saturated rings. The zero-order valence-electron chi connectivity index (χ0n) is 15.9. The van der Waals surface area contributed by atoms with Crippen molar-refractivity contribution in [3.8, 4) is 11.5 Å². The third-order valence-corrected chi connectivity index (χ3v) is 6.12. The largest absolute Gasteiger partial charge is 0.334 e. The van der Waals surface area contributed by atoms with Crippen molar-refractivity contribution in [3.05, 3.63) is 65.0 Å². The molecule has 3 aromatic rings. The molecule has 7 heteroatoms. The SMILES string of the molecule is Cc1cccc(-c2nc(CCN(C)S(=O)(=O)c3cc(C)cc(C)c3)no2)c1. The highest BCUT2D eigenvalue weighted by Gasteiger charge is 2.22. The molecule has 0 bridgehead atoms. The van der Waals surface area contributed by atoms with Gasteiger partial charge in [-0.15, -0.1) is 0 Å². The smallest absolute Gasteiger partial charge is 0.257 e. The number of nitrogens with zero attached hydrogens (tertiary/aromatic N) is 3. The van der Waals surface area contributed by atoms with E-state index >= 15 is 0 Å². The minimum Gasteiger partial charge on any atom is -0.334 e. The van der Waals surface area contributed by atoms with Crippen LogP contribution in [0, 0.1) is 20.8 Å². The van der Waals surface area contributed by atoms with Gasteiger partial charge in [-0.3, -0.25) is 0 Å². The number of hydrogen-bond acceptors (Lipinski definition) is 5. The summed E-state index contributed by atoms with van der Waals surface area (Å²) in [5, 5.41) is 3.97. The Morgan fingerprint density at radius 2 is 1.70 bits per heavy atom. The van der Waals surface area contributed by atoms with Crippen LogP contribution in [0.15, 0.2) is 51.9 Å². The lowest BCUT2D eigenvalue weighted by Crippen LogP contribution is -2.29. The zero-order chi connectivity index (χ0) is 19.6. The molecule has 142 valence electrons.